The molecule has 4 nitrogen and oxygen atoms in total. The van der Waals surface area contributed by atoms with E-state index in [0.29, 0.717) is 6.04 Å². The zero-order chi connectivity index (χ0) is 13.3. The first-order chi connectivity index (χ1) is 8.49. The van der Waals surface area contributed by atoms with Gasteiger partial charge < -0.3 is 15.1 Å². The summed E-state index contributed by atoms with van der Waals surface area (Å²) in [5, 5.41) is 0. The van der Waals surface area contributed by atoms with Crippen LogP contribution < -0.4 is 5.73 Å². The van der Waals surface area contributed by atoms with Crippen LogP contribution in [0.15, 0.2) is 16.5 Å². The normalized spacial score (nSPS) is 24.7. The van der Waals surface area contributed by atoms with Crippen molar-refractivity contribution < 1.29 is 4.42 Å². The number of likely N-dealkylation sites (tertiary alicyclic amines) is 1. The predicted octanol–water partition coefficient (Wildman–Crippen LogP) is 1.61. The minimum absolute atomic E-state index is 0.0801. The number of nitrogens with two attached hydrogens (primary N) is 1. The van der Waals surface area contributed by atoms with E-state index in [4.69, 9.17) is 10.2 Å². The molecule has 1 aliphatic heterocycles. The molecular formula is C14H25N3O. The molecule has 0 bridgehead atoms. The molecule has 0 saturated carbocycles. The van der Waals surface area contributed by atoms with Crippen LogP contribution >= 0.6 is 0 Å². The Bertz CT molecular complexity index is 386. The molecule has 1 aromatic heterocycles. The summed E-state index contributed by atoms with van der Waals surface area (Å²) < 4.78 is 5.78. The van der Waals surface area contributed by atoms with Crippen molar-refractivity contribution in [1.82, 2.24) is 9.80 Å². The highest BCUT2D eigenvalue weighted by Crippen LogP contribution is 2.29. The minimum Gasteiger partial charge on any atom is -0.465 e. The number of nitrogens with zero attached hydrogens (tertiary/aromatic N) is 2. The Hall–Kier alpha value is -0.840. The number of furan rings is 1. The first-order valence-corrected chi connectivity index (χ1v) is 6.71. The van der Waals surface area contributed by atoms with Crippen molar-refractivity contribution in [3.05, 3.63) is 23.7 Å². The Morgan fingerprint density at radius 1 is 1.44 bits per heavy atom. The summed E-state index contributed by atoms with van der Waals surface area (Å²) in [5.74, 6) is 1.96. The quantitative estimate of drug-likeness (QED) is 0.883. The van der Waals surface area contributed by atoms with Crippen LogP contribution in [-0.4, -0.2) is 49.1 Å². The molecule has 1 fully saturated rings. The maximum Gasteiger partial charge on any atom is 0.122 e. The number of rotatable bonds is 4. The van der Waals surface area contributed by atoms with Crippen LogP contribution in [0.2, 0.25) is 0 Å². The second-order valence-electron chi connectivity index (χ2n) is 5.65. The van der Waals surface area contributed by atoms with Gasteiger partial charge in [-0.3, -0.25) is 4.90 Å². The summed E-state index contributed by atoms with van der Waals surface area (Å²) in [6, 6.07) is 4.98. The van der Waals surface area contributed by atoms with Crippen LogP contribution in [0.5, 0.6) is 0 Å². The van der Waals surface area contributed by atoms with Crippen molar-refractivity contribution in [1.29, 1.82) is 0 Å². The van der Waals surface area contributed by atoms with E-state index in [1.54, 1.807) is 0 Å². The first-order valence-electron chi connectivity index (χ1n) is 6.71. The van der Waals surface area contributed by atoms with Gasteiger partial charge in [0.1, 0.15) is 11.5 Å². The molecule has 1 saturated heterocycles. The Morgan fingerprint density at radius 2 is 2.17 bits per heavy atom. The van der Waals surface area contributed by atoms with Gasteiger partial charge in [0.2, 0.25) is 0 Å². The largest absolute Gasteiger partial charge is 0.465 e. The predicted molar refractivity (Wildman–Crippen MR) is 73.5 cm³/mol. The zero-order valence-corrected chi connectivity index (χ0v) is 11.9. The smallest absolute Gasteiger partial charge is 0.122 e. The van der Waals surface area contributed by atoms with E-state index in [9.17, 15) is 0 Å². The van der Waals surface area contributed by atoms with E-state index in [2.05, 4.69) is 36.9 Å². The molecule has 0 radical (unpaired) electrons. The Balaban J connectivity index is 2.12. The number of aryl methyl sites for hydroxylation is 1. The van der Waals surface area contributed by atoms with Gasteiger partial charge in [0, 0.05) is 25.2 Å². The van der Waals surface area contributed by atoms with E-state index in [-0.39, 0.29) is 12.1 Å². The van der Waals surface area contributed by atoms with Gasteiger partial charge in [-0.2, -0.15) is 0 Å². The molecule has 3 atom stereocenters. The average Bonchev–Trinajstić information content (AvgIpc) is 2.88. The van der Waals surface area contributed by atoms with Crippen LogP contribution in [0.25, 0.3) is 0 Å². The zero-order valence-electron chi connectivity index (χ0n) is 11.9. The SMILES string of the molecule is Cc1ccc(C(C(C)N)N2CCC(N(C)C)C2)o1. The molecule has 1 aliphatic rings. The van der Waals surface area contributed by atoms with Crippen LogP contribution in [0.1, 0.15) is 30.9 Å². The molecule has 3 unspecified atom stereocenters. The van der Waals surface area contributed by atoms with Crippen molar-refractivity contribution in [2.75, 3.05) is 27.2 Å². The van der Waals surface area contributed by atoms with Crippen molar-refractivity contribution >= 4 is 0 Å². The molecule has 4 heteroatoms. The number of hydrogen-bond acceptors (Lipinski definition) is 4. The Morgan fingerprint density at radius 3 is 2.61 bits per heavy atom. The van der Waals surface area contributed by atoms with Gasteiger partial charge in [0.25, 0.3) is 0 Å². The van der Waals surface area contributed by atoms with Crippen LogP contribution in [0, 0.1) is 6.92 Å². The maximum atomic E-state index is 6.16. The molecule has 0 spiro atoms. The standard InChI is InChI=1S/C14H25N3O/c1-10-5-6-13(18-10)14(11(2)15)17-8-7-12(9-17)16(3)4/h5-6,11-12,14H,7-9,15H2,1-4H3. The number of hydrogen-bond donors (Lipinski definition) is 1. The molecule has 1 aromatic rings. The second-order valence-corrected chi connectivity index (χ2v) is 5.65. The molecule has 0 amide bonds. The third kappa shape index (κ3) is 2.76. The van der Waals surface area contributed by atoms with E-state index in [1.807, 2.05) is 13.0 Å². The van der Waals surface area contributed by atoms with Gasteiger partial charge in [-0.15, -0.1) is 0 Å². The van der Waals surface area contributed by atoms with Gasteiger partial charge in [-0.25, -0.2) is 0 Å². The fourth-order valence-corrected chi connectivity index (χ4v) is 2.83. The fraction of sp³-hybridized carbons (Fsp3) is 0.714. The van der Waals surface area contributed by atoms with Gasteiger partial charge in [-0.05, 0) is 46.5 Å². The van der Waals surface area contributed by atoms with Crippen LogP contribution in [-0.2, 0) is 0 Å². The molecule has 102 valence electrons. The molecule has 2 heterocycles. The second kappa shape index (κ2) is 5.43. The highest BCUT2D eigenvalue weighted by molar-refractivity contribution is 5.12. The summed E-state index contributed by atoms with van der Waals surface area (Å²) in [6.07, 6.45) is 1.20. The van der Waals surface area contributed by atoms with Crippen molar-refractivity contribution in [2.24, 2.45) is 5.73 Å². The third-order valence-electron chi connectivity index (χ3n) is 3.87. The lowest BCUT2D eigenvalue weighted by Gasteiger charge is -2.30. The van der Waals surface area contributed by atoms with Crippen molar-refractivity contribution in [2.45, 2.75) is 38.4 Å². The van der Waals surface area contributed by atoms with E-state index in [0.717, 1.165) is 24.6 Å². The lowest BCUT2D eigenvalue weighted by atomic mass is 10.1. The Labute approximate surface area is 110 Å². The van der Waals surface area contributed by atoms with E-state index in [1.165, 1.54) is 6.42 Å². The van der Waals surface area contributed by atoms with Gasteiger partial charge in [0.05, 0.1) is 6.04 Å². The van der Waals surface area contributed by atoms with Gasteiger partial charge in [0.15, 0.2) is 0 Å². The lowest BCUT2D eigenvalue weighted by molar-refractivity contribution is 0.174. The van der Waals surface area contributed by atoms with Crippen molar-refractivity contribution in [3.63, 3.8) is 0 Å². The summed E-state index contributed by atoms with van der Waals surface area (Å²) in [6.45, 7) is 6.20. The summed E-state index contributed by atoms with van der Waals surface area (Å²) >= 11 is 0. The molecule has 0 aliphatic carbocycles. The van der Waals surface area contributed by atoms with Gasteiger partial charge in [-0.1, -0.05) is 0 Å². The van der Waals surface area contributed by atoms with Crippen LogP contribution in [0.4, 0.5) is 0 Å². The monoisotopic (exact) mass is 251 g/mol. The third-order valence-corrected chi connectivity index (χ3v) is 3.87. The van der Waals surface area contributed by atoms with E-state index >= 15 is 0 Å². The van der Waals surface area contributed by atoms with E-state index < -0.39 is 0 Å². The maximum absolute atomic E-state index is 6.16. The number of likely N-dealkylation sites (N-methyl/N-ethyl adjacent to an activating group) is 1. The summed E-state index contributed by atoms with van der Waals surface area (Å²) in [5.41, 5.74) is 6.16. The molecular weight excluding hydrogens is 226 g/mol. The fourth-order valence-electron chi connectivity index (χ4n) is 2.83. The molecule has 0 aromatic carbocycles. The highest BCUT2D eigenvalue weighted by atomic mass is 16.3. The summed E-state index contributed by atoms with van der Waals surface area (Å²) in [7, 11) is 4.29. The van der Waals surface area contributed by atoms with Gasteiger partial charge >= 0.3 is 0 Å². The Kier molecular flexibility index (Phi) is 4.10. The summed E-state index contributed by atoms with van der Waals surface area (Å²) in [4.78, 5) is 4.75. The molecule has 2 N–H and O–H groups in total. The highest BCUT2D eigenvalue weighted by Gasteiger charge is 2.33. The lowest BCUT2D eigenvalue weighted by Crippen LogP contribution is -2.40. The average molecular weight is 251 g/mol. The van der Waals surface area contributed by atoms with Crippen LogP contribution in [0.3, 0.4) is 0 Å². The minimum atomic E-state index is 0.0801. The molecule has 18 heavy (non-hydrogen) atoms. The first kappa shape index (κ1) is 13.6. The topological polar surface area (TPSA) is 45.6 Å². The van der Waals surface area contributed by atoms with Crippen molar-refractivity contribution in [3.8, 4) is 0 Å². The molecule has 2 rings (SSSR count).